The first-order chi connectivity index (χ1) is 11.0. The van der Waals surface area contributed by atoms with Crippen molar-refractivity contribution < 1.29 is 17.6 Å². The molecule has 2 rings (SSSR count). The van der Waals surface area contributed by atoms with Gasteiger partial charge in [0.2, 0.25) is 15.9 Å². The average Bonchev–Trinajstić information content (AvgIpc) is 3.06. The van der Waals surface area contributed by atoms with E-state index in [1.807, 2.05) is 6.07 Å². The van der Waals surface area contributed by atoms with E-state index < -0.39 is 10.0 Å². The number of aryl methyl sites for hydroxylation is 1. The number of benzene rings is 1. The number of carbonyl (C=O) groups excluding carboxylic acids is 1. The minimum absolute atomic E-state index is 0.0799. The molecule has 0 bridgehead atoms. The maximum Gasteiger partial charge on any atom is 0.236 e. The van der Waals surface area contributed by atoms with Crippen molar-refractivity contribution in [2.75, 3.05) is 23.7 Å². The van der Waals surface area contributed by atoms with E-state index in [0.717, 1.165) is 5.76 Å². The molecule has 0 aliphatic carbocycles. The Labute approximate surface area is 136 Å². The number of nitrogens with zero attached hydrogens (tertiary/aromatic N) is 1. The molecular weight excluding hydrogens is 316 g/mol. The number of hydrogen-bond donors (Lipinski definition) is 1. The third-order valence-corrected chi connectivity index (χ3v) is 5.16. The number of rotatable bonds is 8. The molecule has 0 aliphatic heterocycles. The third kappa shape index (κ3) is 5.14. The van der Waals surface area contributed by atoms with Crippen LogP contribution in [0, 0.1) is 0 Å². The molecule has 1 amide bonds. The van der Waals surface area contributed by atoms with Gasteiger partial charge >= 0.3 is 0 Å². The molecule has 0 aliphatic rings. The first-order valence-electron chi connectivity index (χ1n) is 7.30. The fraction of sp³-hybridized carbons (Fsp3) is 0.312. The second-order valence-electron chi connectivity index (χ2n) is 5.05. The van der Waals surface area contributed by atoms with Gasteiger partial charge in [-0.05, 0) is 24.3 Å². The van der Waals surface area contributed by atoms with Crippen molar-refractivity contribution in [3.05, 3.63) is 54.5 Å². The highest BCUT2D eigenvalue weighted by Gasteiger charge is 2.18. The Balaban J connectivity index is 1.77. The SMILES string of the molecule is CN(c1ccccc1)S(=O)(=O)CCNC(=O)CCc1ccco1. The van der Waals surface area contributed by atoms with Gasteiger partial charge in [0, 0.05) is 26.4 Å². The van der Waals surface area contributed by atoms with Crippen molar-refractivity contribution in [2.45, 2.75) is 12.8 Å². The molecule has 0 saturated carbocycles. The molecule has 1 aromatic carbocycles. The second-order valence-corrected chi connectivity index (χ2v) is 7.17. The number of nitrogens with one attached hydrogen (secondary N) is 1. The number of sulfonamides is 1. The molecule has 2 aromatic rings. The van der Waals surface area contributed by atoms with Gasteiger partial charge in [-0.1, -0.05) is 18.2 Å². The minimum atomic E-state index is -3.47. The van der Waals surface area contributed by atoms with Crippen LogP contribution >= 0.6 is 0 Å². The van der Waals surface area contributed by atoms with Gasteiger partial charge < -0.3 is 9.73 Å². The normalized spacial score (nSPS) is 11.2. The summed E-state index contributed by atoms with van der Waals surface area (Å²) in [7, 11) is -1.96. The summed E-state index contributed by atoms with van der Waals surface area (Å²) in [6, 6.07) is 12.4. The van der Waals surface area contributed by atoms with Crippen LogP contribution in [0.4, 0.5) is 5.69 Å². The molecule has 0 fully saturated rings. The Kier molecular flexibility index (Phi) is 5.81. The topological polar surface area (TPSA) is 79.6 Å². The molecule has 6 nitrogen and oxygen atoms in total. The molecule has 0 saturated heterocycles. The Morgan fingerprint density at radius 3 is 2.57 bits per heavy atom. The fourth-order valence-electron chi connectivity index (χ4n) is 2.03. The van der Waals surface area contributed by atoms with E-state index >= 15 is 0 Å². The zero-order valence-electron chi connectivity index (χ0n) is 12.9. The summed E-state index contributed by atoms with van der Waals surface area (Å²) in [6.07, 6.45) is 2.32. The lowest BCUT2D eigenvalue weighted by Crippen LogP contribution is -2.35. The van der Waals surface area contributed by atoms with Gasteiger partial charge in [0.05, 0.1) is 17.7 Å². The number of furan rings is 1. The van der Waals surface area contributed by atoms with Crippen LogP contribution in [0.1, 0.15) is 12.2 Å². The highest BCUT2D eigenvalue weighted by atomic mass is 32.2. The van der Waals surface area contributed by atoms with Crippen molar-refractivity contribution in [2.24, 2.45) is 0 Å². The summed E-state index contributed by atoms with van der Waals surface area (Å²) in [4.78, 5) is 11.7. The minimum Gasteiger partial charge on any atom is -0.469 e. The van der Waals surface area contributed by atoms with Crippen molar-refractivity contribution in [3.63, 3.8) is 0 Å². The largest absolute Gasteiger partial charge is 0.469 e. The van der Waals surface area contributed by atoms with E-state index in [-0.39, 0.29) is 24.6 Å². The van der Waals surface area contributed by atoms with Crippen molar-refractivity contribution in [1.82, 2.24) is 5.32 Å². The van der Waals surface area contributed by atoms with E-state index in [0.29, 0.717) is 12.1 Å². The van der Waals surface area contributed by atoms with Gasteiger partial charge in [-0.3, -0.25) is 9.10 Å². The quantitative estimate of drug-likeness (QED) is 0.797. The Bertz CT molecular complexity index is 712. The molecule has 7 heteroatoms. The highest BCUT2D eigenvalue weighted by molar-refractivity contribution is 7.92. The zero-order valence-corrected chi connectivity index (χ0v) is 13.8. The Hall–Kier alpha value is -2.28. The van der Waals surface area contributed by atoms with Gasteiger partial charge in [0.25, 0.3) is 0 Å². The molecule has 1 aromatic heterocycles. The molecule has 23 heavy (non-hydrogen) atoms. The number of carbonyl (C=O) groups is 1. The number of para-hydroxylation sites is 1. The smallest absolute Gasteiger partial charge is 0.236 e. The molecule has 124 valence electrons. The van der Waals surface area contributed by atoms with Crippen LogP contribution in [0.3, 0.4) is 0 Å². The van der Waals surface area contributed by atoms with Crippen molar-refractivity contribution >= 4 is 21.6 Å². The summed E-state index contributed by atoms with van der Waals surface area (Å²) in [6.45, 7) is 0.0799. The highest BCUT2D eigenvalue weighted by Crippen LogP contribution is 2.15. The standard InChI is InChI=1S/C16H20N2O4S/c1-18(14-6-3-2-4-7-14)23(20,21)13-11-17-16(19)10-9-15-8-5-12-22-15/h2-8,12H,9-11,13H2,1H3,(H,17,19). The summed E-state index contributed by atoms with van der Waals surface area (Å²) < 4.78 is 30.8. The van der Waals surface area contributed by atoms with E-state index in [9.17, 15) is 13.2 Å². The van der Waals surface area contributed by atoms with E-state index in [2.05, 4.69) is 5.32 Å². The number of amides is 1. The van der Waals surface area contributed by atoms with Crippen LogP contribution in [-0.4, -0.2) is 33.7 Å². The van der Waals surface area contributed by atoms with E-state index in [4.69, 9.17) is 4.42 Å². The van der Waals surface area contributed by atoms with Gasteiger partial charge in [-0.2, -0.15) is 0 Å². The van der Waals surface area contributed by atoms with Crippen molar-refractivity contribution in [3.8, 4) is 0 Å². The van der Waals surface area contributed by atoms with Crippen LogP contribution in [0.25, 0.3) is 0 Å². The molecule has 0 atom stereocenters. The second kappa shape index (κ2) is 7.82. The van der Waals surface area contributed by atoms with Gasteiger partial charge in [-0.15, -0.1) is 0 Å². The summed E-state index contributed by atoms with van der Waals surface area (Å²) in [5, 5.41) is 2.62. The lowest BCUT2D eigenvalue weighted by Gasteiger charge is -2.19. The predicted molar refractivity (Wildman–Crippen MR) is 88.7 cm³/mol. The monoisotopic (exact) mass is 336 g/mol. The molecule has 0 spiro atoms. The molecule has 0 unspecified atom stereocenters. The van der Waals surface area contributed by atoms with Gasteiger partial charge in [-0.25, -0.2) is 8.42 Å². The number of hydrogen-bond acceptors (Lipinski definition) is 4. The van der Waals surface area contributed by atoms with Crippen LogP contribution in [0.15, 0.2) is 53.1 Å². The van der Waals surface area contributed by atoms with Crippen LogP contribution in [0.5, 0.6) is 0 Å². The third-order valence-electron chi connectivity index (χ3n) is 3.40. The first kappa shape index (κ1) is 17.1. The Morgan fingerprint density at radius 1 is 1.17 bits per heavy atom. The van der Waals surface area contributed by atoms with E-state index in [1.165, 1.54) is 11.4 Å². The van der Waals surface area contributed by atoms with Crippen LogP contribution < -0.4 is 9.62 Å². The lowest BCUT2D eigenvalue weighted by molar-refractivity contribution is -0.121. The van der Waals surface area contributed by atoms with Gasteiger partial charge in [0.15, 0.2) is 0 Å². The Morgan fingerprint density at radius 2 is 1.91 bits per heavy atom. The molecule has 0 radical (unpaired) electrons. The van der Waals surface area contributed by atoms with Crippen molar-refractivity contribution in [1.29, 1.82) is 0 Å². The molecule has 1 N–H and O–H groups in total. The summed E-state index contributed by atoms with van der Waals surface area (Å²) in [5.41, 5.74) is 0.594. The lowest BCUT2D eigenvalue weighted by atomic mass is 10.2. The summed E-state index contributed by atoms with van der Waals surface area (Å²) in [5.74, 6) is 0.390. The maximum atomic E-state index is 12.2. The number of anilines is 1. The van der Waals surface area contributed by atoms with E-state index in [1.54, 1.807) is 42.7 Å². The predicted octanol–water partition coefficient (Wildman–Crippen LogP) is 1.79. The van der Waals surface area contributed by atoms with Crippen LogP contribution in [0.2, 0.25) is 0 Å². The summed E-state index contributed by atoms with van der Waals surface area (Å²) >= 11 is 0. The first-order valence-corrected chi connectivity index (χ1v) is 8.91. The fourth-order valence-corrected chi connectivity index (χ4v) is 3.11. The zero-order chi connectivity index (χ0) is 16.7. The molecule has 1 heterocycles. The molecular formula is C16H20N2O4S. The maximum absolute atomic E-state index is 12.2. The van der Waals surface area contributed by atoms with Crippen LogP contribution in [-0.2, 0) is 21.2 Å². The van der Waals surface area contributed by atoms with Gasteiger partial charge in [0.1, 0.15) is 5.76 Å². The average molecular weight is 336 g/mol.